The first-order valence-corrected chi connectivity index (χ1v) is 11.5. The van der Waals surface area contributed by atoms with E-state index in [0.29, 0.717) is 61.1 Å². The molecule has 0 fully saturated rings. The Kier molecular flexibility index (Phi) is 9.68. The minimum atomic E-state index is -0.490. The molecule has 0 radical (unpaired) electrons. The van der Waals surface area contributed by atoms with Gasteiger partial charge in [0.1, 0.15) is 11.6 Å². The molecule has 0 aliphatic rings. The summed E-state index contributed by atoms with van der Waals surface area (Å²) in [6.07, 6.45) is 8.46. The molecule has 2 aromatic rings. The Bertz CT molecular complexity index is 1410. The SMILES string of the molecule is C=CC(=C\C)/C(/C=C/C)=C(F)/C=c1/nc(C)c(Cl)c(C(=C)C[C@@H](C)c2cc(C#N)ccc2F)c1=C. The lowest BCUT2D eigenvalue weighted by molar-refractivity contribution is 0.591. The summed E-state index contributed by atoms with van der Waals surface area (Å²) < 4.78 is 29.8. The summed E-state index contributed by atoms with van der Waals surface area (Å²) in [5.41, 5.74) is 3.50. The standard InChI is InChI=1S/C30H29ClF2N2/c1-8-11-24(23(9-2)10-3)27(33)16-28-20(6)29(30(31)21(7)35-28)19(5)14-18(4)25-15-22(17-34)12-13-26(25)32/h8-13,15-16,18H,2,5-6,14H2,1,3-4,7H3/b11-8+,23-10+,27-24-,28-16+/t18-/m1/s1. The topological polar surface area (TPSA) is 36.7 Å². The minimum absolute atomic E-state index is 0.282. The van der Waals surface area contributed by atoms with Crippen LogP contribution in [-0.2, 0) is 0 Å². The lowest BCUT2D eigenvalue weighted by Gasteiger charge is -2.17. The molecule has 0 amide bonds. The number of aryl methyl sites for hydroxylation is 1. The van der Waals surface area contributed by atoms with Crippen LogP contribution in [0.25, 0.3) is 18.2 Å². The maximum absolute atomic E-state index is 15.3. The molecule has 35 heavy (non-hydrogen) atoms. The number of pyridine rings is 1. The number of halogens is 3. The van der Waals surface area contributed by atoms with E-state index in [2.05, 4.69) is 24.7 Å². The molecule has 0 unspecified atom stereocenters. The average molecular weight is 491 g/mol. The Hall–Kier alpha value is -3.55. The van der Waals surface area contributed by atoms with Crippen molar-refractivity contribution < 1.29 is 8.78 Å². The van der Waals surface area contributed by atoms with E-state index in [0.717, 1.165) is 0 Å². The third-order valence-electron chi connectivity index (χ3n) is 5.69. The number of hydrogen-bond donors (Lipinski definition) is 0. The lowest BCUT2D eigenvalue weighted by Crippen LogP contribution is -2.32. The van der Waals surface area contributed by atoms with Crippen molar-refractivity contribution in [3.05, 3.63) is 116 Å². The molecule has 2 rings (SSSR count). The predicted molar refractivity (Wildman–Crippen MR) is 143 cm³/mol. The minimum Gasteiger partial charge on any atom is -0.251 e. The molecule has 2 nitrogen and oxygen atoms in total. The van der Waals surface area contributed by atoms with Crippen LogP contribution in [0.1, 0.15) is 55.5 Å². The Morgan fingerprint density at radius 1 is 1.31 bits per heavy atom. The van der Waals surface area contributed by atoms with Crippen molar-refractivity contribution in [2.45, 2.75) is 40.0 Å². The van der Waals surface area contributed by atoms with Crippen LogP contribution in [-0.4, -0.2) is 4.98 Å². The Balaban J connectivity index is 2.63. The smallest absolute Gasteiger partial charge is 0.133 e. The summed E-state index contributed by atoms with van der Waals surface area (Å²) in [6, 6.07) is 6.30. The molecular formula is C30H29ClF2N2. The number of nitrogens with zero attached hydrogens (tertiary/aromatic N) is 2. The molecule has 1 heterocycles. The Morgan fingerprint density at radius 2 is 2.00 bits per heavy atom. The predicted octanol–water partition coefficient (Wildman–Crippen LogP) is 7.38. The molecule has 0 saturated carbocycles. The van der Waals surface area contributed by atoms with Crippen LogP contribution in [0, 0.1) is 24.1 Å². The van der Waals surface area contributed by atoms with Crippen molar-refractivity contribution in [1.82, 2.24) is 4.98 Å². The number of allylic oxidation sites excluding steroid dienone is 8. The van der Waals surface area contributed by atoms with Gasteiger partial charge in [0.15, 0.2) is 0 Å². The van der Waals surface area contributed by atoms with E-state index in [1.807, 2.05) is 19.9 Å². The van der Waals surface area contributed by atoms with Gasteiger partial charge in [0.25, 0.3) is 0 Å². The van der Waals surface area contributed by atoms with Gasteiger partial charge in [0.05, 0.1) is 27.7 Å². The normalized spacial score (nSPS) is 14.0. The van der Waals surface area contributed by atoms with Crippen LogP contribution < -0.4 is 10.6 Å². The number of hydrogen-bond acceptors (Lipinski definition) is 2. The lowest BCUT2D eigenvalue weighted by atomic mass is 9.89. The zero-order valence-electron chi connectivity index (χ0n) is 20.6. The molecule has 5 heteroatoms. The van der Waals surface area contributed by atoms with Gasteiger partial charge in [-0.1, -0.05) is 62.6 Å². The largest absolute Gasteiger partial charge is 0.251 e. The van der Waals surface area contributed by atoms with Crippen LogP contribution in [0.2, 0.25) is 5.02 Å². The van der Waals surface area contributed by atoms with E-state index in [1.165, 1.54) is 18.2 Å². The van der Waals surface area contributed by atoms with Gasteiger partial charge in [0.2, 0.25) is 0 Å². The van der Waals surface area contributed by atoms with Gasteiger partial charge in [-0.15, -0.1) is 0 Å². The van der Waals surface area contributed by atoms with Gasteiger partial charge < -0.3 is 0 Å². The quantitative estimate of drug-likeness (QED) is 0.362. The number of nitriles is 1. The summed E-state index contributed by atoms with van der Waals surface area (Å²) in [7, 11) is 0. The Morgan fingerprint density at radius 3 is 2.57 bits per heavy atom. The van der Waals surface area contributed by atoms with Crippen LogP contribution >= 0.6 is 11.6 Å². The summed E-state index contributed by atoms with van der Waals surface area (Å²) in [5, 5.41) is 10.3. The first kappa shape index (κ1) is 27.7. The zero-order chi connectivity index (χ0) is 26.3. The number of benzene rings is 1. The van der Waals surface area contributed by atoms with Gasteiger partial charge in [-0.3, -0.25) is 4.98 Å². The summed E-state index contributed by atoms with van der Waals surface area (Å²) in [5.74, 6) is -1.17. The highest BCUT2D eigenvalue weighted by molar-refractivity contribution is 6.32. The zero-order valence-corrected chi connectivity index (χ0v) is 21.3. The van der Waals surface area contributed by atoms with Crippen molar-refractivity contribution in [3.63, 3.8) is 0 Å². The maximum Gasteiger partial charge on any atom is 0.133 e. The van der Waals surface area contributed by atoms with E-state index in [-0.39, 0.29) is 5.92 Å². The molecule has 1 aromatic heterocycles. The molecule has 0 spiro atoms. The third kappa shape index (κ3) is 6.32. The van der Waals surface area contributed by atoms with E-state index in [4.69, 9.17) is 16.9 Å². The molecule has 0 bridgehead atoms. The van der Waals surface area contributed by atoms with E-state index >= 15 is 4.39 Å². The summed E-state index contributed by atoms with van der Waals surface area (Å²) in [6.45, 7) is 19.2. The molecule has 0 aliphatic carbocycles. The molecule has 1 atom stereocenters. The third-order valence-corrected chi connectivity index (χ3v) is 6.16. The number of aromatic nitrogens is 1. The van der Waals surface area contributed by atoms with E-state index in [9.17, 15) is 4.39 Å². The fraction of sp³-hybridized carbons (Fsp3) is 0.200. The highest BCUT2D eigenvalue weighted by Gasteiger charge is 2.18. The highest BCUT2D eigenvalue weighted by atomic mass is 35.5. The highest BCUT2D eigenvalue weighted by Crippen LogP contribution is 2.31. The molecule has 0 aliphatic heterocycles. The van der Waals surface area contributed by atoms with E-state index < -0.39 is 11.6 Å². The van der Waals surface area contributed by atoms with Gasteiger partial charge in [-0.25, -0.2) is 8.78 Å². The first-order valence-electron chi connectivity index (χ1n) is 11.2. The molecule has 1 aromatic carbocycles. The van der Waals surface area contributed by atoms with Crippen LogP contribution in [0.3, 0.4) is 0 Å². The number of rotatable bonds is 8. The second-order valence-corrected chi connectivity index (χ2v) is 8.54. The fourth-order valence-corrected chi connectivity index (χ4v) is 4.15. The van der Waals surface area contributed by atoms with Crippen LogP contribution in [0.4, 0.5) is 8.78 Å². The molecule has 180 valence electrons. The van der Waals surface area contributed by atoms with Crippen molar-refractivity contribution in [3.8, 4) is 6.07 Å². The second kappa shape index (κ2) is 12.2. The van der Waals surface area contributed by atoms with Gasteiger partial charge in [0, 0.05) is 22.4 Å². The van der Waals surface area contributed by atoms with Crippen LogP contribution in [0.5, 0.6) is 0 Å². The van der Waals surface area contributed by atoms with E-state index in [1.54, 1.807) is 44.2 Å². The molecule has 0 saturated heterocycles. The van der Waals surface area contributed by atoms with Gasteiger partial charge in [-0.2, -0.15) is 5.26 Å². The van der Waals surface area contributed by atoms with Crippen molar-refractivity contribution >= 4 is 29.8 Å². The van der Waals surface area contributed by atoms with Gasteiger partial charge >= 0.3 is 0 Å². The Labute approximate surface area is 211 Å². The van der Waals surface area contributed by atoms with Crippen molar-refractivity contribution in [2.24, 2.45) is 0 Å². The maximum atomic E-state index is 15.3. The second-order valence-electron chi connectivity index (χ2n) is 8.16. The average Bonchev–Trinajstić information content (AvgIpc) is 2.82. The van der Waals surface area contributed by atoms with Gasteiger partial charge in [-0.05, 0) is 68.0 Å². The fourth-order valence-electron chi connectivity index (χ4n) is 3.86. The van der Waals surface area contributed by atoms with Crippen molar-refractivity contribution in [1.29, 1.82) is 5.26 Å². The summed E-state index contributed by atoms with van der Waals surface area (Å²) in [4.78, 5) is 4.45. The van der Waals surface area contributed by atoms with Crippen molar-refractivity contribution in [2.75, 3.05) is 0 Å². The molecular weight excluding hydrogens is 462 g/mol. The monoisotopic (exact) mass is 490 g/mol. The summed E-state index contributed by atoms with van der Waals surface area (Å²) >= 11 is 6.58. The first-order chi connectivity index (χ1) is 16.6. The molecule has 0 N–H and O–H groups in total. The van der Waals surface area contributed by atoms with Crippen LogP contribution in [0.15, 0.2) is 72.6 Å².